The van der Waals surface area contributed by atoms with E-state index in [4.69, 9.17) is 5.73 Å². The van der Waals surface area contributed by atoms with Crippen LogP contribution in [0, 0.1) is 0 Å². The fourth-order valence-corrected chi connectivity index (χ4v) is 3.08. The average Bonchev–Trinajstić information content (AvgIpc) is 2.59. The van der Waals surface area contributed by atoms with Crippen molar-refractivity contribution in [2.75, 3.05) is 12.3 Å². The van der Waals surface area contributed by atoms with Crippen molar-refractivity contribution in [1.29, 1.82) is 0 Å². The van der Waals surface area contributed by atoms with Crippen molar-refractivity contribution in [2.45, 2.75) is 58.3 Å². The molecule has 0 aliphatic rings. The fourth-order valence-electron chi connectivity index (χ4n) is 3.08. The van der Waals surface area contributed by atoms with E-state index in [0.29, 0.717) is 5.82 Å². The number of nitrogens with two attached hydrogens (primary N) is 1. The highest BCUT2D eigenvalue weighted by atomic mass is 16.1. The van der Waals surface area contributed by atoms with E-state index in [1.165, 1.54) is 35.8 Å². The van der Waals surface area contributed by atoms with Crippen molar-refractivity contribution in [3.05, 3.63) is 35.4 Å². The molecule has 0 aliphatic carbocycles. The van der Waals surface area contributed by atoms with E-state index >= 15 is 0 Å². The molecule has 0 unspecified atom stereocenters. The molecule has 0 saturated carbocycles. The van der Waals surface area contributed by atoms with Crippen LogP contribution in [0.4, 0.5) is 5.82 Å². The van der Waals surface area contributed by atoms with Crippen LogP contribution in [0.25, 0.3) is 10.9 Å². The molecule has 0 bridgehead atoms. The lowest BCUT2D eigenvalue weighted by molar-refractivity contribution is -0.109. The lowest BCUT2D eigenvalue weighted by atomic mass is 9.99. The maximum Gasteiger partial charge on any atom is 0.207 e. The first-order valence-electron chi connectivity index (χ1n) is 9.10. The maximum atomic E-state index is 10.2. The number of pyridine rings is 1. The summed E-state index contributed by atoms with van der Waals surface area (Å²) in [5.74, 6) is 0.677. The first kappa shape index (κ1) is 18.2. The van der Waals surface area contributed by atoms with Crippen LogP contribution in [0.3, 0.4) is 0 Å². The molecule has 0 aliphatic heterocycles. The fraction of sp³-hybridized carbons (Fsp3) is 0.500. The van der Waals surface area contributed by atoms with Crippen molar-refractivity contribution in [1.82, 2.24) is 10.3 Å². The van der Waals surface area contributed by atoms with E-state index in [1.54, 1.807) is 0 Å². The Balaban J connectivity index is 2.06. The lowest BCUT2D eigenvalue weighted by Gasteiger charge is -2.11. The Kier molecular flexibility index (Phi) is 7.53. The molecule has 1 amide bonds. The van der Waals surface area contributed by atoms with Gasteiger partial charge in [-0.15, -0.1) is 0 Å². The van der Waals surface area contributed by atoms with Gasteiger partial charge in [-0.3, -0.25) is 4.79 Å². The molecule has 0 spiro atoms. The first-order valence-corrected chi connectivity index (χ1v) is 9.10. The number of benzene rings is 1. The van der Waals surface area contributed by atoms with Crippen LogP contribution in [0.2, 0.25) is 0 Å². The minimum Gasteiger partial charge on any atom is -0.383 e. The van der Waals surface area contributed by atoms with E-state index in [0.717, 1.165) is 50.6 Å². The van der Waals surface area contributed by atoms with Crippen LogP contribution in [0.1, 0.15) is 56.6 Å². The van der Waals surface area contributed by atoms with E-state index in [2.05, 4.69) is 35.4 Å². The lowest BCUT2D eigenvalue weighted by Crippen LogP contribution is -2.11. The summed E-state index contributed by atoms with van der Waals surface area (Å²) < 4.78 is 0. The van der Waals surface area contributed by atoms with Crippen LogP contribution in [0.15, 0.2) is 24.3 Å². The molecule has 2 aromatic rings. The van der Waals surface area contributed by atoms with Gasteiger partial charge in [-0.25, -0.2) is 4.98 Å². The topological polar surface area (TPSA) is 68.0 Å². The van der Waals surface area contributed by atoms with E-state index in [1.807, 2.05) is 6.07 Å². The van der Waals surface area contributed by atoms with Gasteiger partial charge in [-0.05, 0) is 55.4 Å². The Labute approximate surface area is 144 Å². The predicted molar refractivity (Wildman–Crippen MR) is 101 cm³/mol. The molecule has 0 radical (unpaired) electrons. The third-order valence-corrected chi connectivity index (χ3v) is 4.46. The number of aryl methyl sites for hydroxylation is 2. The van der Waals surface area contributed by atoms with Gasteiger partial charge in [0.2, 0.25) is 6.41 Å². The number of fused-ring (bicyclic) bond motifs is 1. The van der Waals surface area contributed by atoms with Gasteiger partial charge in [-0.1, -0.05) is 38.3 Å². The van der Waals surface area contributed by atoms with Gasteiger partial charge in [0.05, 0.1) is 5.52 Å². The zero-order valence-electron chi connectivity index (χ0n) is 14.7. The van der Waals surface area contributed by atoms with E-state index < -0.39 is 0 Å². The number of hydrogen-bond donors (Lipinski definition) is 2. The Bertz CT molecular complexity index is 655. The second kappa shape index (κ2) is 9.91. The molecule has 1 aromatic heterocycles. The summed E-state index contributed by atoms with van der Waals surface area (Å²) in [6, 6.07) is 8.55. The van der Waals surface area contributed by atoms with Gasteiger partial charge in [0.15, 0.2) is 0 Å². The molecule has 1 aromatic carbocycles. The van der Waals surface area contributed by atoms with Crippen LogP contribution in [0.5, 0.6) is 0 Å². The number of aromatic nitrogens is 1. The van der Waals surface area contributed by atoms with Gasteiger partial charge in [-0.2, -0.15) is 0 Å². The summed E-state index contributed by atoms with van der Waals surface area (Å²) in [7, 11) is 0. The predicted octanol–water partition coefficient (Wildman–Crippen LogP) is 4.01. The van der Waals surface area contributed by atoms with E-state index in [-0.39, 0.29) is 0 Å². The summed E-state index contributed by atoms with van der Waals surface area (Å²) in [5.41, 5.74) is 9.66. The molecule has 4 nitrogen and oxygen atoms in total. The molecule has 130 valence electrons. The zero-order valence-corrected chi connectivity index (χ0v) is 14.7. The van der Waals surface area contributed by atoms with Crippen molar-refractivity contribution < 1.29 is 4.79 Å². The number of rotatable bonds is 11. The third-order valence-electron chi connectivity index (χ3n) is 4.46. The van der Waals surface area contributed by atoms with Crippen molar-refractivity contribution in [2.24, 2.45) is 0 Å². The number of nitrogens with one attached hydrogen (secondary N) is 1. The molecular formula is C20H29N3O. The van der Waals surface area contributed by atoms with Crippen LogP contribution < -0.4 is 11.1 Å². The summed E-state index contributed by atoms with van der Waals surface area (Å²) in [4.78, 5) is 14.8. The number of hydrogen-bond acceptors (Lipinski definition) is 3. The molecule has 2 rings (SSSR count). The highest BCUT2D eigenvalue weighted by Gasteiger charge is 2.07. The number of amides is 1. The average molecular weight is 327 g/mol. The van der Waals surface area contributed by atoms with Crippen molar-refractivity contribution >= 4 is 23.1 Å². The second-order valence-corrected chi connectivity index (χ2v) is 6.36. The highest BCUT2D eigenvalue weighted by molar-refractivity contribution is 5.84. The molecule has 1 heterocycles. The molecule has 4 heteroatoms. The van der Waals surface area contributed by atoms with E-state index in [9.17, 15) is 4.79 Å². The Morgan fingerprint density at radius 2 is 1.88 bits per heavy atom. The maximum absolute atomic E-state index is 10.2. The largest absolute Gasteiger partial charge is 0.383 e. The number of nitrogens with zero attached hydrogens (tertiary/aromatic N) is 1. The normalized spacial score (nSPS) is 10.9. The minimum absolute atomic E-state index is 0.677. The summed E-state index contributed by atoms with van der Waals surface area (Å²) in [5, 5.41) is 3.95. The Morgan fingerprint density at radius 1 is 1.08 bits per heavy atom. The summed E-state index contributed by atoms with van der Waals surface area (Å²) >= 11 is 0. The van der Waals surface area contributed by atoms with Gasteiger partial charge in [0, 0.05) is 11.9 Å². The van der Waals surface area contributed by atoms with Gasteiger partial charge < -0.3 is 11.1 Å². The van der Waals surface area contributed by atoms with Crippen LogP contribution in [-0.2, 0) is 17.6 Å². The van der Waals surface area contributed by atoms with Crippen LogP contribution >= 0.6 is 0 Å². The quantitative estimate of drug-likeness (QED) is 0.484. The molecule has 3 N–H and O–H groups in total. The molecule has 24 heavy (non-hydrogen) atoms. The SMILES string of the molecule is CCCCCc1cc2c(CCCCCNC=O)cccc2nc1N. The van der Waals surface area contributed by atoms with Gasteiger partial charge >= 0.3 is 0 Å². The number of nitrogen functional groups attached to an aromatic ring is 1. The summed E-state index contributed by atoms with van der Waals surface area (Å²) in [6.07, 6.45) is 9.68. The minimum atomic E-state index is 0.677. The smallest absolute Gasteiger partial charge is 0.207 e. The number of carbonyl (C=O) groups is 1. The summed E-state index contributed by atoms with van der Waals surface area (Å²) in [6.45, 7) is 2.98. The standard InChI is InChI=1S/C20H29N3O/c1-2-3-5-10-17-14-18-16(9-6-4-7-13-22-15-24)11-8-12-19(18)23-20(17)21/h8,11-12,14-15H,2-7,9-10,13H2,1H3,(H2,21,23)(H,22,24). The third kappa shape index (κ3) is 5.22. The van der Waals surface area contributed by atoms with Crippen LogP contribution in [-0.4, -0.2) is 17.9 Å². The number of unbranched alkanes of at least 4 members (excludes halogenated alkanes) is 4. The highest BCUT2D eigenvalue weighted by Crippen LogP contribution is 2.24. The number of anilines is 1. The molecular weight excluding hydrogens is 298 g/mol. The Hall–Kier alpha value is -2.10. The molecule has 0 saturated heterocycles. The Morgan fingerprint density at radius 3 is 2.67 bits per heavy atom. The monoisotopic (exact) mass is 327 g/mol. The molecule has 0 atom stereocenters. The van der Waals surface area contributed by atoms with Crippen molar-refractivity contribution in [3.63, 3.8) is 0 Å². The second-order valence-electron chi connectivity index (χ2n) is 6.36. The number of carbonyl (C=O) groups excluding carboxylic acids is 1. The van der Waals surface area contributed by atoms with Gasteiger partial charge in [0.1, 0.15) is 5.82 Å². The zero-order chi connectivity index (χ0) is 17.2. The van der Waals surface area contributed by atoms with Gasteiger partial charge in [0.25, 0.3) is 0 Å². The molecule has 0 fully saturated rings. The first-order chi connectivity index (χ1) is 11.8. The van der Waals surface area contributed by atoms with Crippen molar-refractivity contribution in [3.8, 4) is 0 Å².